The van der Waals surface area contributed by atoms with Gasteiger partial charge in [-0.1, -0.05) is 12.0 Å². The molecule has 0 saturated carbocycles. The molecule has 1 saturated heterocycles. The Morgan fingerprint density at radius 1 is 1.07 bits per heavy atom. The first kappa shape index (κ1) is 34.8. The molecule has 2 aromatic carbocycles. The summed E-state index contributed by atoms with van der Waals surface area (Å²) in [5.74, 6) is 3.67. The molecule has 1 fully saturated rings. The lowest BCUT2D eigenvalue weighted by molar-refractivity contribution is -0.273. The maximum absolute atomic E-state index is 14.0. The number of hydrogen-bond donors (Lipinski definition) is 3. The predicted molar refractivity (Wildman–Crippen MR) is 158 cm³/mol. The second kappa shape index (κ2) is 12.9. The Hall–Kier alpha value is -4.11. The number of carbonyl (C=O) groups is 1. The highest BCUT2D eigenvalue weighted by Crippen LogP contribution is 2.46. The molecule has 1 amide bonds. The average molecular weight is 695 g/mol. The number of sulfone groups is 2. The quantitative estimate of drug-likeness (QED) is 0.225. The van der Waals surface area contributed by atoms with Crippen LogP contribution in [0.1, 0.15) is 24.6 Å². The van der Waals surface area contributed by atoms with Crippen molar-refractivity contribution in [3.8, 4) is 17.6 Å². The van der Waals surface area contributed by atoms with Crippen LogP contribution in [0.2, 0.25) is 0 Å². The molecule has 1 aromatic heterocycles. The molecular weight excluding hydrogens is 666 g/mol. The summed E-state index contributed by atoms with van der Waals surface area (Å²) in [7, 11) is -6.90. The fourth-order valence-electron chi connectivity index (χ4n) is 4.91. The van der Waals surface area contributed by atoms with Crippen molar-refractivity contribution in [1.29, 1.82) is 0 Å². The molecule has 10 nitrogen and oxygen atoms in total. The van der Waals surface area contributed by atoms with Gasteiger partial charge in [-0.25, -0.2) is 16.8 Å². The van der Waals surface area contributed by atoms with E-state index in [1.807, 2.05) is 0 Å². The third kappa shape index (κ3) is 8.37. The number of nitrogens with two attached hydrogens (primary N) is 1. The number of amides is 1. The minimum absolute atomic E-state index is 0.0187. The van der Waals surface area contributed by atoms with Crippen molar-refractivity contribution < 1.29 is 52.7 Å². The van der Waals surface area contributed by atoms with Gasteiger partial charge in [0.15, 0.2) is 16.4 Å². The van der Waals surface area contributed by atoms with Crippen molar-refractivity contribution in [2.75, 3.05) is 41.5 Å². The molecule has 0 spiro atoms. The largest absolute Gasteiger partial charge is 0.482 e. The van der Waals surface area contributed by atoms with E-state index in [9.17, 15) is 48.0 Å². The van der Waals surface area contributed by atoms with Gasteiger partial charge in [-0.2, -0.15) is 26.3 Å². The average Bonchev–Trinajstić information content (AvgIpc) is 3.27. The Labute approximate surface area is 260 Å². The molecule has 0 aliphatic carbocycles. The Balaban J connectivity index is 1.72. The number of ether oxygens (including phenoxy) is 1. The lowest BCUT2D eigenvalue weighted by Gasteiger charge is -2.26. The number of nitrogens with zero attached hydrogens (tertiary/aromatic N) is 1. The monoisotopic (exact) mass is 694 g/mol. The van der Waals surface area contributed by atoms with Crippen LogP contribution in [0.15, 0.2) is 47.4 Å². The van der Waals surface area contributed by atoms with Crippen molar-refractivity contribution in [3.05, 3.63) is 48.2 Å². The predicted octanol–water partition coefficient (Wildman–Crippen LogP) is 4.03. The van der Waals surface area contributed by atoms with E-state index < -0.39 is 61.8 Å². The van der Waals surface area contributed by atoms with E-state index in [0.717, 1.165) is 24.5 Å². The highest BCUT2D eigenvalue weighted by molar-refractivity contribution is 7.91. The zero-order chi connectivity index (χ0) is 34.1. The second-order valence-corrected chi connectivity index (χ2v) is 14.9. The Morgan fingerprint density at radius 2 is 1.72 bits per heavy atom. The molecule has 0 unspecified atom stereocenters. The van der Waals surface area contributed by atoms with Crippen LogP contribution < -0.4 is 21.1 Å². The smallest absolute Gasteiger partial charge is 0.418 e. The van der Waals surface area contributed by atoms with E-state index in [0.29, 0.717) is 0 Å². The highest BCUT2D eigenvalue weighted by atomic mass is 32.2. The number of aromatic nitrogens is 1. The maximum atomic E-state index is 14.0. The van der Waals surface area contributed by atoms with Gasteiger partial charge in [-0.3, -0.25) is 4.79 Å². The Morgan fingerprint density at radius 3 is 2.30 bits per heavy atom. The van der Waals surface area contributed by atoms with Crippen LogP contribution in [0.25, 0.3) is 10.9 Å². The summed E-state index contributed by atoms with van der Waals surface area (Å²) >= 11 is 0. The van der Waals surface area contributed by atoms with Gasteiger partial charge in [0.2, 0.25) is 6.04 Å². The first-order valence-electron chi connectivity index (χ1n) is 13.5. The lowest BCUT2D eigenvalue weighted by Crippen LogP contribution is -2.39. The number of fused-ring (bicyclic) bond motifs is 1. The third-order valence-electron chi connectivity index (χ3n) is 7.01. The van der Waals surface area contributed by atoms with E-state index in [4.69, 9.17) is 10.5 Å². The van der Waals surface area contributed by atoms with Crippen molar-refractivity contribution in [1.82, 2.24) is 4.57 Å². The Bertz CT molecular complexity index is 1880. The minimum Gasteiger partial charge on any atom is -0.482 e. The molecule has 1 aliphatic heterocycles. The molecule has 0 radical (unpaired) electrons. The fraction of sp³-hybridized carbons (Fsp3) is 0.393. The summed E-state index contributed by atoms with van der Waals surface area (Å²) in [6.45, 7) is -0.964. The first-order chi connectivity index (χ1) is 21.3. The van der Waals surface area contributed by atoms with E-state index in [-0.39, 0.29) is 68.9 Å². The lowest BCUT2D eigenvalue weighted by atomic mass is 10.1. The van der Waals surface area contributed by atoms with Crippen LogP contribution in [0.3, 0.4) is 0 Å². The molecule has 0 atom stereocenters. The third-order valence-corrected chi connectivity index (χ3v) is 9.84. The summed E-state index contributed by atoms with van der Waals surface area (Å²) in [6.07, 6.45) is -10.1. The van der Waals surface area contributed by atoms with Crippen molar-refractivity contribution >= 4 is 47.9 Å². The second-order valence-electron chi connectivity index (χ2n) is 10.5. The number of benzene rings is 2. The number of halogens is 6. The maximum Gasteiger partial charge on any atom is 0.418 e. The molecule has 0 bridgehead atoms. The summed E-state index contributed by atoms with van der Waals surface area (Å²) in [4.78, 5) is 11.0. The Kier molecular flexibility index (Phi) is 9.78. The number of hydrogen-bond acceptors (Lipinski definition) is 8. The van der Waals surface area contributed by atoms with E-state index in [1.54, 1.807) is 0 Å². The molecule has 46 heavy (non-hydrogen) atoms. The topological polar surface area (TPSA) is 150 Å². The number of primary amides is 1. The van der Waals surface area contributed by atoms with Crippen LogP contribution in [0, 0.1) is 11.8 Å². The molecular formula is C28H28F6N4O6S2. The van der Waals surface area contributed by atoms with E-state index >= 15 is 0 Å². The number of anilines is 2. The molecule has 4 N–H and O–H groups in total. The van der Waals surface area contributed by atoms with Crippen LogP contribution >= 0.6 is 0 Å². The van der Waals surface area contributed by atoms with Gasteiger partial charge in [0.25, 0.3) is 5.91 Å². The minimum atomic E-state index is -5.74. The first-order valence-corrected chi connectivity index (χ1v) is 17.2. The van der Waals surface area contributed by atoms with Gasteiger partial charge in [0.1, 0.15) is 15.6 Å². The standard InChI is InChI=1S/C28H28F6N4O6S2/c1-45(40,41)19-7-8-22(24(15-19)44-16-25(35)39)36-11-3-4-18-14-20-21(37-17-9-12-46(42,43)13-10-17)5-2-6-23(20)38(18)26(27(29,30)31)28(32,33)34/h2,5-8,14-15,17,26,36-37H,9-13,16H2,1H3,(H2,35,39). The molecule has 1 aliphatic rings. The van der Waals surface area contributed by atoms with Gasteiger partial charge < -0.3 is 25.7 Å². The van der Waals surface area contributed by atoms with Crippen LogP contribution in [-0.2, 0) is 24.5 Å². The van der Waals surface area contributed by atoms with Crippen molar-refractivity contribution in [2.45, 2.75) is 42.2 Å². The van der Waals surface area contributed by atoms with Crippen molar-refractivity contribution in [3.63, 3.8) is 0 Å². The van der Waals surface area contributed by atoms with Crippen molar-refractivity contribution in [2.24, 2.45) is 5.73 Å². The van der Waals surface area contributed by atoms with Gasteiger partial charge in [-0.05, 0) is 49.1 Å². The number of rotatable bonds is 9. The van der Waals surface area contributed by atoms with Gasteiger partial charge in [0, 0.05) is 29.4 Å². The summed E-state index contributed by atoms with van der Waals surface area (Å²) < 4.78 is 137. The highest BCUT2D eigenvalue weighted by Gasteiger charge is 2.58. The number of carbonyl (C=O) groups excluding carboxylic acids is 1. The summed E-state index contributed by atoms with van der Waals surface area (Å²) in [6, 6.07) is 4.26. The van der Waals surface area contributed by atoms with E-state index in [2.05, 4.69) is 22.5 Å². The van der Waals surface area contributed by atoms with Gasteiger partial charge >= 0.3 is 12.4 Å². The van der Waals surface area contributed by atoms with Crippen LogP contribution in [0.4, 0.5) is 37.7 Å². The SMILES string of the molecule is CS(=O)(=O)c1ccc(NCC#Cc2cc3c(NC4CCS(=O)(=O)CC4)cccc3n2C(C(F)(F)F)C(F)(F)F)c(OCC(N)=O)c1. The zero-order valence-electron chi connectivity index (χ0n) is 24.0. The molecule has 4 rings (SSSR count). The van der Waals surface area contributed by atoms with Crippen LogP contribution in [0.5, 0.6) is 5.75 Å². The van der Waals surface area contributed by atoms with Gasteiger partial charge in [0.05, 0.1) is 39.8 Å². The molecule has 3 aromatic rings. The van der Waals surface area contributed by atoms with Gasteiger partial charge in [-0.15, -0.1) is 0 Å². The van der Waals surface area contributed by atoms with E-state index in [1.165, 1.54) is 24.3 Å². The fourth-order valence-corrected chi connectivity index (χ4v) is 7.03. The molecule has 2 heterocycles. The summed E-state index contributed by atoms with van der Waals surface area (Å²) in [5, 5.41) is 5.82. The number of nitrogens with one attached hydrogen (secondary N) is 2. The molecule has 18 heteroatoms. The summed E-state index contributed by atoms with van der Waals surface area (Å²) in [5.41, 5.74) is 4.42. The molecule has 250 valence electrons. The van der Waals surface area contributed by atoms with Crippen LogP contribution in [-0.4, -0.2) is 76.6 Å². The normalized spacial score (nSPS) is 15.7. The number of alkyl halides is 6. The zero-order valence-corrected chi connectivity index (χ0v) is 25.6.